The molecule has 0 aliphatic carbocycles. The number of carboxylic acids is 1. The minimum absolute atomic E-state index is 0.271. The Bertz CT molecular complexity index is 405. The van der Waals surface area contributed by atoms with Crippen molar-refractivity contribution < 1.29 is 9.90 Å². The van der Waals surface area contributed by atoms with Crippen molar-refractivity contribution >= 4 is 43.5 Å². The quantitative estimate of drug-likeness (QED) is 0.891. The minimum atomic E-state index is -0.719. The molecule has 2 rings (SSSR count). The molecule has 1 aromatic heterocycles. The minimum Gasteiger partial charge on any atom is -0.481 e. The van der Waals surface area contributed by atoms with Gasteiger partial charge >= 0.3 is 5.97 Å². The molecule has 1 aromatic rings. The Kier molecular flexibility index (Phi) is 3.49. The third-order valence-corrected chi connectivity index (χ3v) is 3.84. The first-order chi connectivity index (χ1) is 7.59. The lowest BCUT2D eigenvalue weighted by atomic mass is 10.1. The van der Waals surface area contributed by atoms with Gasteiger partial charge < -0.3 is 10.0 Å². The van der Waals surface area contributed by atoms with Crippen LogP contribution in [0.4, 0.5) is 5.69 Å². The van der Waals surface area contributed by atoms with Crippen molar-refractivity contribution in [3.05, 3.63) is 21.3 Å². The molecule has 0 spiro atoms. The predicted molar refractivity (Wildman–Crippen MR) is 67.6 cm³/mol. The summed E-state index contributed by atoms with van der Waals surface area (Å²) in [5.41, 5.74) is 0.985. The molecule has 1 fully saturated rings. The zero-order chi connectivity index (χ0) is 11.7. The molecule has 1 aliphatic heterocycles. The van der Waals surface area contributed by atoms with Crippen LogP contribution < -0.4 is 4.90 Å². The van der Waals surface area contributed by atoms with Crippen molar-refractivity contribution in [2.75, 3.05) is 18.0 Å². The first kappa shape index (κ1) is 11.9. The Labute approximate surface area is 110 Å². The monoisotopic (exact) mass is 348 g/mol. The van der Waals surface area contributed by atoms with Crippen LogP contribution in [0.1, 0.15) is 6.42 Å². The van der Waals surface area contributed by atoms with Crippen LogP contribution in [-0.2, 0) is 4.79 Å². The van der Waals surface area contributed by atoms with Gasteiger partial charge in [0, 0.05) is 25.5 Å². The average Bonchev–Trinajstić information content (AvgIpc) is 2.66. The van der Waals surface area contributed by atoms with Gasteiger partial charge in [-0.3, -0.25) is 9.78 Å². The van der Waals surface area contributed by atoms with Crippen molar-refractivity contribution in [1.82, 2.24) is 4.98 Å². The lowest BCUT2D eigenvalue weighted by Gasteiger charge is -2.20. The van der Waals surface area contributed by atoms with Crippen LogP contribution in [0.15, 0.2) is 21.3 Å². The molecule has 16 heavy (non-hydrogen) atoms. The number of halogens is 2. The number of aromatic nitrogens is 1. The van der Waals surface area contributed by atoms with Gasteiger partial charge in [0.25, 0.3) is 0 Å². The fourth-order valence-corrected chi connectivity index (χ4v) is 3.30. The standard InChI is InChI=1S/C10H10Br2N2O2/c11-7-3-13-4-8(12)9(7)14-2-1-6(5-14)10(15)16/h3-4,6H,1-2,5H2,(H,15,16). The van der Waals surface area contributed by atoms with Crippen molar-refractivity contribution in [3.8, 4) is 0 Å². The largest absolute Gasteiger partial charge is 0.481 e. The van der Waals surface area contributed by atoms with Crippen molar-refractivity contribution in [1.29, 1.82) is 0 Å². The van der Waals surface area contributed by atoms with Gasteiger partial charge in [0.05, 0.1) is 20.6 Å². The predicted octanol–water partition coefficient (Wildman–Crippen LogP) is 2.52. The van der Waals surface area contributed by atoms with Crippen LogP contribution in [0.3, 0.4) is 0 Å². The summed E-state index contributed by atoms with van der Waals surface area (Å²) < 4.78 is 1.76. The molecule has 1 saturated heterocycles. The number of pyridine rings is 1. The molecular formula is C10H10Br2N2O2. The molecule has 4 nitrogen and oxygen atoms in total. The van der Waals surface area contributed by atoms with Crippen molar-refractivity contribution in [3.63, 3.8) is 0 Å². The maximum Gasteiger partial charge on any atom is 0.308 e. The van der Waals surface area contributed by atoms with Gasteiger partial charge in [-0.25, -0.2) is 0 Å². The highest BCUT2D eigenvalue weighted by molar-refractivity contribution is 9.11. The summed E-state index contributed by atoms with van der Waals surface area (Å²) in [7, 11) is 0. The molecular weight excluding hydrogens is 340 g/mol. The summed E-state index contributed by atoms with van der Waals surface area (Å²) in [5.74, 6) is -0.990. The zero-order valence-corrected chi connectivity index (χ0v) is 11.5. The Morgan fingerprint density at radius 1 is 1.44 bits per heavy atom. The van der Waals surface area contributed by atoms with Crippen LogP contribution in [0.2, 0.25) is 0 Å². The van der Waals surface area contributed by atoms with Crippen LogP contribution in [-0.4, -0.2) is 29.1 Å². The van der Waals surface area contributed by atoms with E-state index in [1.807, 2.05) is 0 Å². The van der Waals surface area contributed by atoms with Crippen LogP contribution in [0, 0.1) is 5.92 Å². The molecule has 2 heterocycles. The third-order valence-electron chi connectivity index (χ3n) is 2.68. The van der Waals surface area contributed by atoms with E-state index in [9.17, 15) is 4.79 Å². The normalized spacial score (nSPS) is 20.1. The van der Waals surface area contributed by atoms with E-state index in [0.29, 0.717) is 13.0 Å². The smallest absolute Gasteiger partial charge is 0.308 e. The van der Waals surface area contributed by atoms with E-state index in [1.54, 1.807) is 12.4 Å². The maximum absolute atomic E-state index is 10.9. The van der Waals surface area contributed by atoms with Gasteiger partial charge in [-0.2, -0.15) is 0 Å². The third kappa shape index (κ3) is 2.22. The first-order valence-corrected chi connectivity index (χ1v) is 6.45. The summed E-state index contributed by atoms with van der Waals surface area (Å²) in [4.78, 5) is 17.0. The molecule has 0 aromatic carbocycles. The second kappa shape index (κ2) is 4.71. The summed E-state index contributed by atoms with van der Waals surface area (Å²) >= 11 is 6.86. The van der Waals surface area contributed by atoms with Gasteiger partial charge in [-0.15, -0.1) is 0 Å². The van der Waals surface area contributed by atoms with E-state index in [-0.39, 0.29) is 5.92 Å². The van der Waals surface area contributed by atoms with Crippen LogP contribution in [0.25, 0.3) is 0 Å². The zero-order valence-electron chi connectivity index (χ0n) is 8.36. The highest BCUT2D eigenvalue weighted by Gasteiger charge is 2.29. The molecule has 1 unspecified atom stereocenters. The molecule has 0 saturated carbocycles. The Morgan fingerprint density at radius 2 is 2.06 bits per heavy atom. The second-order valence-electron chi connectivity index (χ2n) is 3.72. The van der Waals surface area contributed by atoms with Crippen molar-refractivity contribution in [2.45, 2.75) is 6.42 Å². The number of carboxylic acid groups (broad SMARTS) is 1. The molecule has 0 bridgehead atoms. The summed E-state index contributed by atoms with van der Waals surface area (Å²) in [6, 6.07) is 0. The van der Waals surface area contributed by atoms with Crippen LogP contribution >= 0.6 is 31.9 Å². The molecule has 1 aliphatic rings. The topological polar surface area (TPSA) is 53.4 Å². The van der Waals surface area contributed by atoms with E-state index >= 15 is 0 Å². The van der Waals surface area contributed by atoms with E-state index in [2.05, 4.69) is 41.7 Å². The Hall–Kier alpha value is -0.620. The van der Waals surface area contributed by atoms with Gasteiger partial charge in [0.2, 0.25) is 0 Å². The summed E-state index contributed by atoms with van der Waals surface area (Å²) in [5, 5.41) is 8.95. The SMILES string of the molecule is O=C(O)C1CCN(c2c(Br)cncc2Br)C1. The lowest BCUT2D eigenvalue weighted by molar-refractivity contribution is -0.140. The lowest BCUT2D eigenvalue weighted by Crippen LogP contribution is -2.23. The number of hydrogen-bond donors (Lipinski definition) is 1. The average molecular weight is 350 g/mol. The fourth-order valence-electron chi connectivity index (χ4n) is 1.87. The number of anilines is 1. The number of rotatable bonds is 2. The molecule has 1 N–H and O–H groups in total. The molecule has 0 radical (unpaired) electrons. The van der Waals surface area contributed by atoms with Gasteiger partial charge in [0.15, 0.2) is 0 Å². The van der Waals surface area contributed by atoms with Gasteiger partial charge in [0.1, 0.15) is 0 Å². The highest BCUT2D eigenvalue weighted by atomic mass is 79.9. The van der Waals surface area contributed by atoms with E-state index < -0.39 is 5.97 Å². The highest BCUT2D eigenvalue weighted by Crippen LogP contribution is 2.36. The Morgan fingerprint density at radius 3 is 2.56 bits per heavy atom. The first-order valence-electron chi connectivity index (χ1n) is 4.86. The Balaban J connectivity index is 2.24. The summed E-state index contributed by atoms with van der Waals surface area (Å²) in [6.07, 6.45) is 4.12. The van der Waals surface area contributed by atoms with Crippen LogP contribution in [0.5, 0.6) is 0 Å². The van der Waals surface area contributed by atoms with E-state index in [1.165, 1.54) is 0 Å². The van der Waals surface area contributed by atoms with Crippen molar-refractivity contribution in [2.24, 2.45) is 5.92 Å². The molecule has 6 heteroatoms. The van der Waals surface area contributed by atoms with E-state index in [0.717, 1.165) is 21.2 Å². The summed E-state index contributed by atoms with van der Waals surface area (Å²) in [6.45, 7) is 1.31. The van der Waals surface area contributed by atoms with Gasteiger partial charge in [-0.05, 0) is 38.3 Å². The number of aliphatic carboxylic acids is 1. The number of hydrogen-bond acceptors (Lipinski definition) is 3. The molecule has 0 amide bonds. The maximum atomic E-state index is 10.9. The number of carbonyl (C=O) groups is 1. The molecule has 1 atom stereocenters. The van der Waals surface area contributed by atoms with E-state index in [4.69, 9.17) is 5.11 Å². The fraction of sp³-hybridized carbons (Fsp3) is 0.400. The second-order valence-corrected chi connectivity index (χ2v) is 5.43. The molecule has 86 valence electrons. The van der Waals surface area contributed by atoms with Gasteiger partial charge in [-0.1, -0.05) is 0 Å². The number of nitrogens with zero attached hydrogens (tertiary/aromatic N) is 2.